The van der Waals surface area contributed by atoms with Crippen molar-refractivity contribution in [3.05, 3.63) is 18.5 Å². The van der Waals surface area contributed by atoms with E-state index in [1.54, 1.807) is 23.4 Å². The second-order valence-electron chi connectivity index (χ2n) is 6.33. The van der Waals surface area contributed by atoms with Crippen LogP contribution in [0.15, 0.2) is 23.0 Å². The van der Waals surface area contributed by atoms with Gasteiger partial charge in [-0.3, -0.25) is 4.98 Å². The molecule has 7 heteroatoms. The molecular formula is C15H20N4O3. The first kappa shape index (κ1) is 14.6. The Kier molecular flexibility index (Phi) is 3.64. The Balaban J connectivity index is 1.66. The van der Waals surface area contributed by atoms with Crippen LogP contribution in [0.3, 0.4) is 0 Å². The Labute approximate surface area is 128 Å². The van der Waals surface area contributed by atoms with Crippen molar-refractivity contribution < 1.29 is 14.1 Å². The molecule has 0 aromatic carbocycles. The maximum atomic E-state index is 12.1. The van der Waals surface area contributed by atoms with E-state index < -0.39 is 5.60 Å². The average molecular weight is 304 g/mol. The van der Waals surface area contributed by atoms with Gasteiger partial charge in [-0.25, -0.2) is 4.79 Å². The summed E-state index contributed by atoms with van der Waals surface area (Å²) < 4.78 is 10.7. The number of piperazine rings is 1. The summed E-state index contributed by atoms with van der Waals surface area (Å²) in [6.45, 7) is 8.19. The average Bonchev–Trinajstić information content (AvgIpc) is 2.89. The summed E-state index contributed by atoms with van der Waals surface area (Å²) in [7, 11) is 0. The van der Waals surface area contributed by atoms with Crippen LogP contribution in [-0.2, 0) is 4.74 Å². The summed E-state index contributed by atoms with van der Waals surface area (Å²) in [4.78, 5) is 20.0. The fraction of sp³-hybridized carbons (Fsp3) is 0.533. The lowest BCUT2D eigenvalue weighted by atomic mass is 10.2. The summed E-state index contributed by atoms with van der Waals surface area (Å²) in [5.41, 5.74) is 0.252. The molecule has 0 saturated carbocycles. The second kappa shape index (κ2) is 5.47. The van der Waals surface area contributed by atoms with Gasteiger partial charge in [0.2, 0.25) is 0 Å². The molecule has 0 aliphatic carbocycles. The van der Waals surface area contributed by atoms with Crippen molar-refractivity contribution in [2.75, 3.05) is 31.1 Å². The molecule has 1 fully saturated rings. The highest BCUT2D eigenvalue weighted by Gasteiger charge is 2.27. The summed E-state index contributed by atoms with van der Waals surface area (Å²) >= 11 is 0. The molecule has 1 aliphatic rings. The van der Waals surface area contributed by atoms with Gasteiger partial charge in [-0.05, 0) is 20.8 Å². The Morgan fingerprint density at radius 3 is 2.68 bits per heavy atom. The molecule has 1 amide bonds. The van der Waals surface area contributed by atoms with Crippen molar-refractivity contribution >= 4 is 22.9 Å². The van der Waals surface area contributed by atoms with E-state index in [-0.39, 0.29) is 6.09 Å². The summed E-state index contributed by atoms with van der Waals surface area (Å²) in [6, 6.07) is 1.79. The summed E-state index contributed by atoms with van der Waals surface area (Å²) in [5, 5.41) is 5.02. The van der Waals surface area contributed by atoms with Crippen LogP contribution in [0, 0.1) is 0 Å². The van der Waals surface area contributed by atoms with Crippen molar-refractivity contribution in [1.29, 1.82) is 0 Å². The number of hydrogen-bond donors (Lipinski definition) is 0. The van der Waals surface area contributed by atoms with E-state index in [0.717, 1.165) is 16.8 Å². The molecular weight excluding hydrogens is 284 g/mol. The lowest BCUT2D eigenvalue weighted by Gasteiger charge is -2.35. The van der Waals surface area contributed by atoms with Gasteiger partial charge in [0.1, 0.15) is 5.60 Å². The van der Waals surface area contributed by atoms with Crippen molar-refractivity contribution in [2.45, 2.75) is 26.4 Å². The van der Waals surface area contributed by atoms with Gasteiger partial charge in [0.05, 0.1) is 5.39 Å². The number of carbonyl (C=O) groups is 1. The van der Waals surface area contributed by atoms with Crippen LogP contribution in [0.4, 0.5) is 10.6 Å². The SMILES string of the molecule is CC(C)(C)OC(=O)N1CCN(c2noc3ccncc23)CC1. The van der Waals surface area contributed by atoms with E-state index in [2.05, 4.69) is 15.0 Å². The van der Waals surface area contributed by atoms with Gasteiger partial charge >= 0.3 is 6.09 Å². The molecule has 22 heavy (non-hydrogen) atoms. The molecule has 0 unspecified atom stereocenters. The van der Waals surface area contributed by atoms with Crippen LogP contribution in [0.5, 0.6) is 0 Å². The van der Waals surface area contributed by atoms with Crippen molar-refractivity contribution in [2.24, 2.45) is 0 Å². The molecule has 7 nitrogen and oxygen atoms in total. The standard InChI is InChI=1S/C15H20N4O3/c1-15(2,3)21-14(20)19-8-6-18(7-9-19)13-11-10-16-5-4-12(11)22-17-13/h4-5,10H,6-9H2,1-3H3. The summed E-state index contributed by atoms with van der Waals surface area (Å²) in [5.74, 6) is 0.784. The van der Waals surface area contributed by atoms with E-state index in [1.807, 2.05) is 20.8 Å². The molecule has 118 valence electrons. The topological polar surface area (TPSA) is 71.7 Å². The van der Waals surface area contributed by atoms with Crippen molar-refractivity contribution in [1.82, 2.24) is 15.0 Å². The predicted octanol–water partition coefficient (Wildman–Crippen LogP) is 2.28. The third-order valence-electron chi connectivity index (χ3n) is 3.48. The molecule has 0 N–H and O–H groups in total. The zero-order valence-corrected chi connectivity index (χ0v) is 13.1. The quantitative estimate of drug-likeness (QED) is 0.805. The van der Waals surface area contributed by atoms with E-state index >= 15 is 0 Å². The van der Waals surface area contributed by atoms with E-state index in [4.69, 9.17) is 9.26 Å². The van der Waals surface area contributed by atoms with E-state index in [9.17, 15) is 4.79 Å². The van der Waals surface area contributed by atoms with Gasteiger partial charge < -0.3 is 19.1 Å². The molecule has 2 aromatic rings. The third kappa shape index (κ3) is 2.98. The van der Waals surface area contributed by atoms with Crippen LogP contribution in [0.1, 0.15) is 20.8 Å². The van der Waals surface area contributed by atoms with Crippen LogP contribution in [0.2, 0.25) is 0 Å². The smallest absolute Gasteiger partial charge is 0.410 e. The maximum absolute atomic E-state index is 12.1. The van der Waals surface area contributed by atoms with E-state index in [1.165, 1.54) is 0 Å². The highest BCUT2D eigenvalue weighted by atomic mass is 16.6. The second-order valence-corrected chi connectivity index (χ2v) is 6.33. The minimum atomic E-state index is -0.470. The molecule has 0 spiro atoms. The third-order valence-corrected chi connectivity index (χ3v) is 3.48. The number of anilines is 1. The molecule has 0 bridgehead atoms. The van der Waals surface area contributed by atoms with Gasteiger partial charge in [0.15, 0.2) is 11.4 Å². The van der Waals surface area contributed by atoms with Crippen molar-refractivity contribution in [3.8, 4) is 0 Å². The van der Waals surface area contributed by atoms with Crippen LogP contribution < -0.4 is 4.90 Å². The highest BCUT2D eigenvalue weighted by molar-refractivity contribution is 5.87. The lowest BCUT2D eigenvalue weighted by Crippen LogP contribution is -2.50. The number of pyridine rings is 1. The minimum absolute atomic E-state index is 0.265. The molecule has 3 rings (SSSR count). The Hall–Kier alpha value is -2.31. The minimum Gasteiger partial charge on any atom is -0.444 e. The number of hydrogen-bond acceptors (Lipinski definition) is 6. The lowest BCUT2D eigenvalue weighted by molar-refractivity contribution is 0.0240. The predicted molar refractivity (Wildman–Crippen MR) is 81.8 cm³/mol. The molecule has 1 aliphatic heterocycles. The molecule has 0 atom stereocenters. The van der Waals surface area contributed by atoms with Crippen molar-refractivity contribution in [3.63, 3.8) is 0 Å². The first-order chi connectivity index (χ1) is 10.4. The van der Waals surface area contributed by atoms with Crippen LogP contribution in [-0.4, -0.2) is 52.9 Å². The Morgan fingerprint density at radius 2 is 2.00 bits per heavy atom. The number of fused-ring (bicyclic) bond motifs is 1. The highest BCUT2D eigenvalue weighted by Crippen LogP contribution is 2.26. The molecule has 1 saturated heterocycles. The van der Waals surface area contributed by atoms with Gasteiger partial charge in [-0.1, -0.05) is 5.16 Å². The van der Waals surface area contributed by atoms with Gasteiger partial charge in [-0.2, -0.15) is 0 Å². The Bertz CT molecular complexity index is 669. The fourth-order valence-corrected chi connectivity index (χ4v) is 2.43. The zero-order chi connectivity index (χ0) is 15.7. The van der Waals surface area contributed by atoms with E-state index in [0.29, 0.717) is 26.2 Å². The van der Waals surface area contributed by atoms with Crippen LogP contribution in [0.25, 0.3) is 11.0 Å². The fourth-order valence-electron chi connectivity index (χ4n) is 2.43. The number of amides is 1. The number of nitrogens with zero attached hydrogens (tertiary/aromatic N) is 4. The van der Waals surface area contributed by atoms with Gasteiger partial charge in [0, 0.05) is 44.6 Å². The summed E-state index contributed by atoms with van der Waals surface area (Å²) in [6.07, 6.45) is 3.16. The molecule has 0 radical (unpaired) electrons. The zero-order valence-electron chi connectivity index (χ0n) is 13.1. The monoisotopic (exact) mass is 304 g/mol. The maximum Gasteiger partial charge on any atom is 0.410 e. The molecule has 3 heterocycles. The normalized spacial score (nSPS) is 16.1. The van der Waals surface area contributed by atoms with Crippen LogP contribution >= 0.6 is 0 Å². The number of rotatable bonds is 1. The molecule has 2 aromatic heterocycles. The largest absolute Gasteiger partial charge is 0.444 e. The number of ether oxygens (including phenoxy) is 1. The first-order valence-corrected chi connectivity index (χ1v) is 7.36. The number of carbonyl (C=O) groups excluding carboxylic acids is 1. The van der Waals surface area contributed by atoms with Gasteiger partial charge in [-0.15, -0.1) is 0 Å². The first-order valence-electron chi connectivity index (χ1n) is 7.36. The number of aromatic nitrogens is 2. The Morgan fingerprint density at radius 1 is 1.27 bits per heavy atom. The van der Waals surface area contributed by atoms with Gasteiger partial charge in [0.25, 0.3) is 0 Å².